The highest BCUT2D eigenvalue weighted by Gasteiger charge is 2.19. The Labute approximate surface area is 99.4 Å². The third-order valence-electron chi connectivity index (χ3n) is 2.87. The van der Waals surface area contributed by atoms with E-state index in [-0.39, 0.29) is 0 Å². The predicted molar refractivity (Wildman–Crippen MR) is 64.8 cm³/mol. The number of ether oxygens (including phenoxy) is 1. The summed E-state index contributed by atoms with van der Waals surface area (Å²) in [5, 5.41) is 0. The maximum atomic E-state index is 5.39. The summed E-state index contributed by atoms with van der Waals surface area (Å²) in [5.41, 5.74) is 1.35. The van der Waals surface area contributed by atoms with Gasteiger partial charge < -0.3 is 4.74 Å². The van der Waals surface area contributed by atoms with E-state index < -0.39 is 0 Å². The molecule has 3 heteroatoms. The van der Waals surface area contributed by atoms with Gasteiger partial charge in [-0.25, -0.2) is 0 Å². The Hall–Kier alpha value is -0.380. The van der Waals surface area contributed by atoms with Crippen molar-refractivity contribution in [3.8, 4) is 0 Å². The molecule has 0 bridgehead atoms. The zero-order valence-corrected chi connectivity index (χ0v) is 10.5. The zero-order valence-electron chi connectivity index (χ0n) is 8.95. The normalized spacial score (nSPS) is 21.1. The van der Waals surface area contributed by atoms with Crippen LogP contribution < -0.4 is 0 Å². The monoisotopic (exact) mass is 269 g/mol. The lowest BCUT2D eigenvalue weighted by Crippen LogP contribution is -2.31. The molecule has 1 unspecified atom stereocenters. The fourth-order valence-electron chi connectivity index (χ4n) is 1.88. The Morgan fingerprint density at radius 1 is 1.40 bits per heavy atom. The van der Waals surface area contributed by atoms with Crippen molar-refractivity contribution >= 4 is 15.9 Å². The summed E-state index contributed by atoms with van der Waals surface area (Å²) in [7, 11) is 2.17. The van der Waals surface area contributed by atoms with Crippen molar-refractivity contribution in [3.63, 3.8) is 0 Å². The lowest BCUT2D eigenvalue weighted by Gasteiger charge is -2.22. The first-order valence-corrected chi connectivity index (χ1v) is 6.07. The number of halogens is 1. The molecule has 1 aromatic carbocycles. The Bertz CT molecular complexity index is 306. The molecule has 0 aromatic heterocycles. The second kappa shape index (κ2) is 5.10. The van der Waals surface area contributed by atoms with Gasteiger partial charge in [0.2, 0.25) is 0 Å². The van der Waals surface area contributed by atoms with E-state index in [1.807, 2.05) is 0 Å². The van der Waals surface area contributed by atoms with Gasteiger partial charge >= 0.3 is 0 Å². The van der Waals surface area contributed by atoms with Gasteiger partial charge in [0, 0.05) is 23.7 Å². The van der Waals surface area contributed by atoms with E-state index in [1.54, 1.807) is 0 Å². The Morgan fingerprint density at radius 2 is 2.13 bits per heavy atom. The van der Waals surface area contributed by atoms with E-state index in [9.17, 15) is 0 Å². The van der Waals surface area contributed by atoms with E-state index >= 15 is 0 Å². The van der Waals surface area contributed by atoms with Crippen LogP contribution in [0.25, 0.3) is 0 Å². The Balaban J connectivity index is 1.92. The molecule has 1 saturated heterocycles. The van der Waals surface area contributed by atoms with Crippen LogP contribution in [0, 0.1) is 0 Å². The molecule has 1 aliphatic heterocycles. The molecule has 1 fully saturated rings. The van der Waals surface area contributed by atoms with E-state index in [4.69, 9.17) is 4.74 Å². The highest BCUT2D eigenvalue weighted by atomic mass is 79.9. The molecular weight excluding hydrogens is 254 g/mol. The summed E-state index contributed by atoms with van der Waals surface area (Å²) in [6.07, 6.45) is 1.16. The van der Waals surface area contributed by atoms with Crippen LogP contribution in [0.4, 0.5) is 0 Å². The molecule has 0 radical (unpaired) electrons. The predicted octanol–water partition coefficient (Wildman–Crippen LogP) is 2.67. The van der Waals surface area contributed by atoms with E-state index in [0.29, 0.717) is 6.04 Å². The van der Waals surface area contributed by atoms with Crippen LogP contribution in [-0.2, 0) is 11.3 Å². The minimum Gasteiger partial charge on any atom is -0.380 e. The molecule has 1 aromatic rings. The number of rotatable bonds is 3. The second-order valence-electron chi connectivity index (χ2n) is 4.06. The molecule has 15 heavy (non-hydrogen) atoms. The molecule has 0 amide bonds. The number of nitrogens with zero attached hydrogens (tertiary/aromatic N) is 1. The largest absolute Gasteiger partial charge is 0.380 e. The van der Waals surface area contributed by atoms with Gasteiger partial charge in [0.25, 0.3) is 0 Å². The molecule has 1 heterocycles. The van der Waals surface area contributed by atoms with Gasteiger partial charge in [0.15, 0.2) is 0 Å². The van der Waals surface area contributed by atoms with Crippen LogP contribution >= 0.6 is 15.9 Å². The van der Waals surface area contributed by atoms with Gasteiger partial charge in [-0.1, -0.05) is 28.1 Å². The van der Waals surface area contributed by atoms with Crippen molar-refractivity contribution in [2.24, 2.45) is 0 Å². The van der Waals surface area contributed by atoms with E-state index in [1.165, 1.54) is 5.56 Å². The van der Waals surface area contributed by atoms with Crippen molar-refractivity contribution in [2.45, 2.75) is 19.0 Å². The summed E-state index contributed by atoms with van der Waals surface area (Å²) >= 11 is 3.44. The fourth-order valence-corrected chi connectivity index (χ4v) is 2.14. The minimum absolute atomic E-state index is 0.591. The van der Waals surface area contributed by atoms with E-state index in [2.05, 4.69) is 52.1 Å². The van der Waals surface area contributed by atoms with Gasteiger partial charge in [-0.3, -0.25) is 4.90 Å². The van der Waals surface area contributed by atoms with Gasteiger partial charge in [-0.2, -0.15) is 0 Å². The first-order chi connectivity index (χ1) is 7.25. The highest BCUT2D eigenvalue weighted by molar-refractivity contribution is 9.10. The zero-order chi connectivity index (χ0) is 10.7. The molecule has 1 atom stereocenters. The molecule has 1 aliphatic rings. The summed E-state index contributed by atoms with van der Waals surface area (Å²) in [4.78, 5) is 2.37. The molecule has 0 aliphatic carbocycles. The quantitative estimate of drug-likeness (QED) is 0.837. The average molecular weight is 270 g/mol. The summed E-state index contributed by atoms with van der Waals surface area (Å²) in [5.74, 6) is 0. The van der Waals surface area contributed by atoms with Gasteiger partial charge in [0.05, 0.1) is 6.61 Å². The first-order valence-electron chi connectivity index (χ1n) is 5.28. The van der Waals surface area contributed by atoms with Crippen LogP contribution in [0.5, 0.6) is 0 Å². The summed E-state index contributed by atoms with van der Waals surface area (Å²) in [6, 6.07) is 9.10. The smallest absolute Gasteiger partial charge is 0.0622 e. The van der Waals surface area contributed by atoms with Crippen LogP contribution in [0.1, 0.15) is 12.0 Å². The molecule has 2 nitrogen and oxygen atoms in total. The Kier molecular flexibility index (Phi) is 3.78. The standard InChI is InChI=1S/C12H16BrNO/c1-14(12-6-7-15-9-12)8-10-2-4-11(13)5-3-10/h2-5,12H,6-9H2,1H3. The highest BCUT2D eigenvalue weighted by Crippen LogP contribution is 2.15. The van der Waals surface area contributed by atoms with Crippen molar-refractivity contribution in [2.75, 3.05) is 20.3 Å². The van der Waals surface area contributed by atoms with Crippen molar-refractivity contribution in [3.05, 3.63) is 34.3 Å². The Morgan fingerprint density at radius 3 is 2.73 bits per heavy atom. The number of benzene rings is 1. The molecule has 82 valence electrons. The van der Waals surface area contributed by atoms with E-state index in [0.717, 1.165) is 30.7 Å². The first kappa shape index (κ1) is 11.1. The number of hydrogen-bond donors (Lipinski definition) is 0. The summed E-state index contributed by atoms with van der Waals surface area (Å²) < 4.78 is 6.52. The number of hydrogen-bond acceptors (Lipinski definition) is 2. The van der Waals surface area contributed by atoms with Gasteiger partial charge in [0.1, 0.15) is 0 Å². The molecular formula is C12H16BrNO. The fraction of sp³-hybridized carbons (Fsp3) is 0.500. The van der Waals surface area contributed by atoms with Gasteiger partial charge in [-0.15, -0.1) is 0 Å². The SMILES string of the molecule is CN(Cc1ccc(Br)cc1)C1CCOC1. The van der Waals surface area contributed by atoms with Crippen LogP contribution in [0.15, 0.2) is 28.7 Å². The lowest BCUT2D eigenvalue weighted by atomic mass is 10.1. The minimum atomic E-state index is 0.591. The topological polar surface area (TPSA) is 12.5 Å². The molecule has 0 spiro atoms. The maximum Gasteiger partial charge on any atom is 0.0622 e. The van der Waals surface area contributed by atoms with Crippen LogP contribution in [0.2, 0.25) is 0 Å². The van der Waals surface area contributed by atoms with Gasteiger partial charge in [-0.05, 0) is 31.2 Å². The third-order valence-corrected chi connectivity index (χ3v) is 3.40. The van der Waals surface area contributed by atoms with Crippen LogP contribution in [-0.4, -0.2) is 31.2 Å². The number of likely N-dealkylation sites (N-methyl/N-ethyl adjacent to an activating group) is 1. The third kappa shape index (κ3) is 3.03. The average Bonchev–Trinajstić information content (AvgIpc) is 2.74. The molecule has 0 N–H and O–H groups in total. The lowest BCUT2D eigenvalue weighted by molar-refractivity contribution is 0.156. The van der Waals surface area contributed by atoms with Crippen molar-refractivity contribution in [1.29, 1.82) is 0 Å². The maximum absolute atomic E-state index is 5.39. The van der Waals surface area contributed by atoms with Crippen LogP contribution in [0.3, 0.4) is 0 Å². The van der Waals surface area contributed by atoms with Crippen molar-refractivity contribution < 1.29 is 4.74 Å². The molecule has 0 saturated carbocycles. The molecule has 2 rings (SSSR count). The summed E-state index contributed by atoms with van der Waals surface area (Å²) in [6.45, 7) is 2.80. The van der Waals surface area contributed by atoms with Crippen molar-refractivity contribution in [1.82, 2.24) is 4.90 Å². The second-order valence-corrected chi connectivity index (χ2v) is 4.97.